The summed E-state index contributed by atoms with van der Waals surface area (Å²) in [5.74, 6) is 0.245. The van der Waals surface area contributed by atoms with E-state index in [1.165, 1.54) is 0 Å². The highest BCUT2D eigenvalue weighted by molar-refractivity contribution is 5.74. The molecule has 0 radical (unpaired) electrons. The monoisotopic (exact) mass is 326 g/mol. The molecule has 0 bridgehead atoms. The van der Waals surface area contributed by atoms with Crippen molar-refractivity contribution < 1.29 is 9.90 Å². The van der Waals surface area contributed by atoms with E-state index in [-0.39, 0.29) is 11.8 Å². The fourth-order valence-corrected chi connectivity index (χ4v) is 2.18. The van der Waals surface area contributed by atoms with Crippen molar-refractivity contribution in [1.29, 1.82) is 0 Å². The Morgan fingerprint density at radius 1 is 1.12 bits per heavy atom. The summed E-state index contributed by atoms with van der Waals surface area (Å²) in [6, 6.07) is 15.9. The van der Waals surface area contributed by atoms with E-state index in [1.54, 1.807) is 24.3 Å². The summed E-state index contributed by atoms with van der Waals surface area (Å²) in [7, 11) is 3.92. The number of rotatable bonds is 6. The molecule has 2 rings (SSSR count). The van der Waals surface area contributed by atoms with Crippen molar-refractivity contribution in [2.24, 2.45) is 10.2 Å². The molecule has 0 fully saturated rings. The van der Waals surface area contributed by atoms with Crippen LogP contribution in [-0.2, 0) is 6.42 Å². The summed E-state index contributed by atoms with van der Waals surface area (Å²) in [5, 5.41) is 19.7. The largest absolute Gasteiger partial charge is 0.508 e. The molecule has 2 amide bonds. The van der Waals surface area contributed by atoms with E-state index in [0.29, 0.717) is 12.2 Å². The van der Waals surface area contributed by atoms with Gasteiger partial charge in [0.2, 0.25) is 0 Å². The number of phenolic OH excluding ortho intramolecular Hbond substituents is 1. The highest BCUT2D eigenvalue weighted by Crippen LogP contribution is 2.13. The summed E-state index contributed by atoms with van der Waals surface area (Å²) in [5.41, 5.74) is 1.73. The number of amides is 2. The van der Waals surface area contributed by atoms with Crippen LogP contribution in [0.2, 0.25) is 0 Å². The fourth-order valence-electron chi connectivity index (χ4n) is 2.18. The summed E-state index contributed by atoms with van der Waals surface area (Å²) in [6.45, 7) is 0.459. The normalized spacial score (nSPS) is 12.5. The predicted octanol–water partition coefficient (Wildman–Crippen LogP) is 3.36. The molecule has 0 heterocycles. The van der Waals surface area contributed by atoms with Crippen LogP contribution >= 0.6 is 0 Å². The Morgan fingerprint density at radius 3 is 2.42 bits per heavy atom. The molecule has 0 spiro atoms. The molecule has 1 atom stereocenters. The number of nitrogens with one attached hydrogen (secondary N) is 1. The van der Waals surface area contributed by atoms with Gasteiger partial charge < -0.3 is 15.3 Å². The number of carbonyl (C=O) groups excluding carboxylic acids is 1. The van der Waals surface area contributed by atoms with Gasteiger partial charge in [0.25, 0.3) is 0 Å². The van der Waals surface area contributed by atoms with E-state index in [1.807, 2.05) is 49.3 Å². The van der Waals surface area contributed by atoms with E-state index in [0.717, 1.165) is 12.0 Å². The van der Waals surface area contributed by atoms with Gasteiger partial charge >= 0.3 is 6.03 Å². The van der Waals surface area contributed by atoms with Gasteiger partial charge in [0.15, 0.2) is 0 Å². The first-order valence-electron chi connectivity index (χ1n) is 7.73. The predicted molar refractivity (Wildman–Crippen MR) is 93.6 cm³/mol. The number of hydrogen-bond acceptors (Lipinski definition) is 4. The Labute approximate surface area is 141 Å². The molecule has 0 unspecified atom stereocenters. The number of phenols is 1. The topological polar surface area (TPSA) is 77.3 Å². The fraction of sp³-hybridized carbons (Fsp3) is 0.278. The van der Waals surface area contributed by atoms with Gasteiger partial charge in [-0.3, -0.25) is 0 Å². The molecular weight excluding hydrogens is 304 g/mol. The maximum Gasteiger partial charge on any atom is 0.359 e. The Morgan fingerprint density at radius 2 is 1.79 bits per heavy atom. The maximum atomic E-state index is 11.8. The van der Waals surface area contributed by atoms with Crippen molar-refractivity contribution in [2.75, 3.05) is 20.6 Å². The molecule has 24 heavy (non-hydrogen) atoms. The minimum atomic E-state index is -0.462. The lowest BCUT2D eigenvalue weighted by Crippen LogP contribution is -2.40. The van der Waals surface area contributed by atoms with E-state index in [2.05, 4.69) is 15.5 Å². The molecule has 2 N–H and O–H groups in total. The molecule has 6 heteroatoms. The number of azo groups is 1. The smallest absolute Gasteiger partial charge is 0.359 e. The molecule has 6 nitrogen and oxygen atoms in total. The van der Waals surface area contributed by atoms with Gasteiger partial charge in [0.1, 0.15) is 5.75 Å². The first-order valence-corrected chi connectivity index (χ1v) is 7.73. The second kappa shape index (κ2) is 8.79. The molecule has 0 saturated carbocycles. The van der Waals surface area contributed by atoms with E-state index >= 15 is 0 Å². The minimum absolute atomic E-state index is 0.116. The SMILES string of the molecule is CN(C)[C@H](CNC(=O)N=Nc1ccccc1)Cc1ccc(O)cc1. The molecule has 0 aliphatic rings. The number of carbonyl (C=O) groups is 1. The molecule has 0 aliphatic carbocycles. The first-order chi connectivity index (χ1) is 11.5. The third kappa shape index (κ3) is 5.81. The Hall–Kier alpha value is -2.73. The van der Waals surface area contributed by atoms with Crippen LogP contribution < -0.4 is 5.32 Å². The van der Waals surface area contributed by atoms with Crippen molar-refractivity contribution in [3.05, 3.63) is 60.2 Å². The number of likely N-dealkylation sites (N-methyl/N-ethyl adjacent to an activating group) is 1. The van der Waals surface area contributed by atoms with Crippen LogP contribution in [-0.4, -0.2) is 42.7 Å². The molecule has 0 aliphatic heterocycles. The van der Waals surface area contributed by atoms with Gasteiger partial charge in [-0.25, -0.2) is 4.79 Å². The Bertz CT molecular complexity index is 669. The molecule has 126 valence electrons. The van der Waals surface area contributed by atoms with Crippen LogP contribution in [0.15, 0.2) is 64.8 Å². The van der Waals surface area contributed by atoms with Crippen LogP contribution in [0.1, 0.15) is 5.56 Å². The van der Waals surface area contributed by atoms with Crippen molar-refractivity contribution in [3.8, 4) is 5.75 Å². The zero-order valence-electron chi connectivity index (χ0n) is 13.9. The van der Waals surface area contributed by atoms with Crippen LogP contribution in [0, 0.1) is 0 Å². The standard InChI is InChI=1S/C18H22N4O2/c1-22(2)16(12-14-8-10-17(23)11-9-14)13-19-18(24)21-20-15-6-4-3-5-7-15/h3-11,16,23H,12-13H2,1-2H3,(H,19,24)/t16-/m0/s1. The second-order valence-corrected chi connectivity index (χ2v) is 5.71. The van der Waals surface area contributed by atoms with Gasteiger partial charge in [0, 0.05) is 12.6 Å². The van der Waals surface area contributed by atoms with Crippen molar-refractivity contribution in [2.45, 2.75) is 12.5 Å². The van der Waals surface area contributed by atoms with Gasteiger partial charge in [-0.05, 0) is 50.3 Å². The molecule has 2 aromatic carbocycles. The van der Waals surface area contributed by atoms with Crippen molar-refractivity contribution in [3.63, 3.8) is 0 Å². The van der Waals surface area contributed by atoms with E-state index in [9.17, 15) is 9.90 Å². The Kier molecular flexibility index (Phi) is 6.45. The van der Waals surface area contributed by atoms with Crippen LogP contribution in [0.25, 0.3) is 0 Å². The van der Waals surface area contributed by atoms with Gasteiger partial charge in [-0.2, -0.15) is 0 Å². The van der Waals surface area contributed by atoms with Crippen LogP contribution in [0.5, 0.6) is 5.75 Å². The van der Waals surface area contributed by atoms with Gasteiger partial charge in [-0.15, -0.1) is 5.11 Å². The van der Waals surface area contributed by atoms with E-state index in [4.69, 9.17) is 0 Å². The lowest BCUT2D eigenvalue weighted by Gasteiger charge is -2.24. The summed E-state index contributed by atoms with van der Waals surface area (Å²) in [6.07, 6.45) is 0.753. The number of urea groups is 1. The zero-order chi connectivity index (χ0) is 17.4. The number of aromatic hydroxyl groups is 1. The van der Waals surface area contributed by atoms with E-state index < -0.39 is 6.03 Å². The third-order valence-electron chi connectivity index (χ3n) is 3.64. The third-order valence-corrected chi connectivity index (χ3v) is 3.64. The van der Waals surface area contributed by atoms with Crippen LogP contribution in [0.4, 0.5) is 10.5 Å². The molecule has 2 aromatic rings. The Balaban J connectivity index is 1.87. The molecular formula is C18H22N4O2. The highest BCUT2D eigenvalue weighted by atomic mass is 16.3. The summed E-state index contributed by atoms with van der Waals surface area (Å²) in [4.78, 5) is 13.9. The lowest BCUT2D eigenvalue weighted by molar-refractivity contribution is 0.238. The average molecular weight is 326 g/mol. The number of hydrogen-bond donors (Lipinski definition) is 2. The summed E-state index contributed by atoms with van der Waals surface area (Å²) < 4.78 is 0. The maximum absolute atomic E-state index is 11.8. The lowest BCUT2D eigenvalue weighted by atomic mass is 10.1. The molecule has 0 aromatic heterocycles. The quantitative estimate of drug-likeness (QED) is 0.799. The second-order valence-electron chi connectivity index (χ2n) is 5.71. The zero-order valence-corrected chi connectivity index (χ0v) is 13.9. The number of benzene rings is 2. The minimum Gasteiger partial charge on any atom is -0.508 e. The first kappa shape index (κ1) is 17.6. The van der Waals surface area contributed by atoms with Gasteiger partial charge in [-0.1, -0.05) is 35.4 Å². The van der Waals surface area contributed by atoms with Gasteiger partial charge in [0.05, 0.1) is 5.69 Å². The number of nitrogens with zero attached hydrogens (tertiary/aromatic N) is 3. The van der Waals surface area contributed by atoms with Crippen LogP contribution in [0.3, 0.4) is 0 Å². The van der Waals surface area contributed by atoms with Crippen molar-refractivity contribution >= 4 is 11.7 Å². The summed E-state index contributed by atoms with van der Waals surface area (Å²) >= 11 is 0. The average Bonchev–Trinajstić information content (AvgIpc) is 2.59. The molecule has 0 saturated heterocycles. The van der Waals surface area contributed by atoms with Crippen molar-refractivity contribution in [1.82, 2.24) is 10.2 Å². The highest BCUT2D eigenvalue weighted by Gasteiger charge is 2.13.